The SMILES string of the molecule is [B][B]C(=O)C(N)CSC1CCC1SCC(NC(=O)C(C)(C)COC(C)(N)CCC)C(=O)[B][B]. The van der Waals surface area contributed by atoms with Gasteiger partial charge in [0.25, 0.3) is 0 Å². The topological polar surface area (TPSA) is 125 Å². The van der Waals surface area contributed by atoms with E-state index < -0.39 is 23.2 Å². The predicted octanol–water partition coefficient (Wildman–Crippen LogP) is -0.0577. The molecular weight excluding hydrogens is 454 g/mol. The van der Waals surface area contributed by atoms with Crippen LogP contribution in [0.3, 0.4) is 0 Å². The van der Waals surface area contributed by atoms with Gasteiger partial charge in [0.15, 0.2) is 0 Å². The normalized spacial score (nSPS) is 21.8. The van der Waals surface area contributed by atoms with Gasteiger partial charge in [0.2, 0.25) is 5.91 Å². The Bertz CT molecular complexity index is 673. The van der Waals surface area contributed by atoms with Crippen molar-refractivity contribution in [1.29, 1.82) is 0 Å². The van der Waals surface area contributed by atoms with Crippen LogP contribution in [0.15, 0.2) is 0 Å². The number of hydrogen-bond acceptors (Lipinski definition) is 8. The molecule has 6 radical (unpaired) electrons. The number of nitrogens with two attached hydrogens (primary N) is 2. The minimum absolute atomic E-state index is 0.132. The Morgan fingerprint density at radius 1 is 1.09 bits per heavy atom. The minimum atomic E-state index is -0.871. The van der Waals surface area contributed by atoms with E-state index in [9.17, 15) is 14.4 Å². The van der Waals surface area contributed by atoms with E-state index in [1.54, 1.807) is 44.3 Å². The second-order valence-electron chi connectivity index (χ2n) is 9.33. The second kappa shape index (κ2) is 14.3. The summed E-state index contributed by atoms with van der Waals surface area (Å²) < 4.78 is 5.78. The molecule has 0 heterocycles. The standard InChI is InChI=1S/C20H35B4N3O4S2/c1-5-8-20(4,26)31-11-19(2,3)18(30)27-13(17(29)24-22)10-33-15-7-6-14(15)32-9-12(25)16(28)23-21/h12-15H,5-11,25-26H2,1-4H3,(H,27,30). The molecule has 0 aromatic heterocycles. The van der Waals surface area contributed by atoms with Gasteiger partial charge in [-0.3, -0.25) is 4.79 Å². The first-order valence-electron chi connectivity index (χ1n) is 11.3. The molecule has 0 aromatic carbocycles. The van der Waals surface area contributed by atoms with E-state index in [1.165, 1.54) is 0 Å². The molecule has 0 bridgehead atoms. The Hall–Kier alpha value is -0.350. The van der Waals surface area contributed by atoms with E-state index in [0.717, 1.165) is 33.6 Å². The Balaban J connectivity index is 2.60. The molecule has 1 saturated carbocycles. The third kappa shape index (κ3) is 10.4. The van der Waals surface area contributed by atoms with Crippen LogP contribution < -0.4 is 16.8 Å². The average molecular weight is 489 g/mol. The van der Waals surface area contributed by atoms with Gasteiger partial charge in [0.05, 0.1) is 35.5 Å². The summed E-state index contributed by atoms with van der Waals surface area (Å²) >= 11 is 3.27. The Morgan fingerprint density at radius 2 is 1.64 bits per heavy atom. The van der Waals surface area contributed by atoms with Crippen LogP contribution in [0, 0.1) is 5.41 Å². The molecule has 1 amide bonds. The van der Waals surface area contributed by atoms with Crippen LogP contribution >= 0.6 is 23.5 Å². The van der Waals surface area contributed by atoms with Gasteiger partial charge < -0.3 is 31.1 Å². The molecule has 178 valence electrons. The van der Waals surface area contributed by atoms with Crippen molar-refractivity contribution in [2.45, 2.75) is 81.7 Å². The van der Waals surface area contributed by atoms with Crippen molar-refractivity contribution in [3.05, 3.63) is 0 Å². The first-order chi connectivity index (χ1) is 15.4. The van der Waals surface area contributed by atoms with Gasteiger partial charge in [-0.2, -0.15) is 23.5 Å². The smallest absolute Gasteiger partial charge is 0.228 e. The van der Waals surface area contributed by atoms with E-state index in [2.05, 4.69) is 5.32 Å². The summed E-state index contributed by atoms with van der Waals surface area (Å²) in [5, 5.41) is 3.49. The van der Waals surface area contributed by atoms with Gasteiger partial charge in [-0.05, 0) is 40.0 Å². The molecule has 0 aliphatic heterocycles. The number of amides is 1. The van der Waals surface area contributed by atoms with Crippen LogP contribution in [0.4, 0.5) is 0 Å². The molecule has 5 atom stereocenters. The number of thioether (sulfide) groups is 2. The van der Waals surface area contributed by atoms with Crippen molar-refractivity contribution < 1.29 is 19.1 Å². The second-order valence-corrected chi connectivity index (χ2v) is 11.9. The number of carbonyl (C=O) groups excluding carboxylic acids is 3. The zero-order chi connectivity index (χ0) is 25.2. The van der Waals surface area contributed by atoms with E-state index in [4.69, 9.17) is 31.7 Å². The van der Waals surface area contributed by atoms with Crippen molar-refractivity contribution in [2.24, 2.45) is 16.9 Å². The van der Waals surface area contributed by atoms with Crippen LogP contribution in [-0.2, 0) is 19.1 Å². The van der Waals surface area contributed by atoms with E-state index in [-0.39, 0.29) is 23.9 Å². The average Bonchev–Trinajstić information content (AvgIpc) is 2.75. The molecule has 1 rings (SSSR count). The predicted molar refractivity (Wildman–Crippen MR) is 142 cm³/mol. The van der Waals surface area contributed by atoms with Crippen LogP contribution in [0.1, 0.15) is 53.4 Å². The number of ether oxygens (including phenoxy) is 1. The molecule has 33 heavy (non-hydrogen) atoms. The lowest BCUT2D eigenvalue weighted by Crippen LogP contribution is -2.52. The molecule has 0 saturated heterocycles. The number of hydrogen-bond donors (Lipinski definition) is 3. The Kier molecular flexibility index (Phi) is 13.3. The first kappa shape index (κ1) is 30.7. The van der Waals surface area contributed by atoms with Crippen molar-refractivity contribution in [1.82, 2.24) is 5.32 Å². The monoisotopic (exact) mass is 489 g/mol. The molecule has 13 heteroatoms. The van der Waals surface area contributed by atoms with Crippen molar-refractivity contribution >= 4 is 70.6 Å². The highest BCUT2D eigenvalue weighted by Crippen LogP contribution is 2.40. The van der Waals surface area contributed by atoms with Crippen molar-refractivity contribution in [3.63, 3.8) is 0 Å². The van der Waals surface area contributed by atoms with Gasteiger partial charge >= 0.3 is 0 Å². The van der Waals surface area contributed by atoms with E-state index in [1.807, 2.05) is 6.92 Å². The highest BCUT2D eigenvalue weighted by Gasteiger charge is 2.36. The van der Waals surface area contributed by atoms with Crippen molar-refractivity contribution in [2.75, 3.05) is 18.1 Å². The Morgan fingerprint density at radius 3 is 2.12 bits per heavy atom. The van der Waals surface area contributed by atoms with Gasteiger partial charge in [0, 0.05) is 37.5 Å². The van der Waals surface area contributed by atoms with Gasteiger partial charge in [-0.1, -0.05) is 13.3 Å². The maximum Gasteiger partial charge on any atom is 0.228 e. The maximum absolute atomic E-state index is 12.9. The minimum Gasteiger partial charge on any atom is -0.360 e. The summed E-state index contributed by atoms with van der Waals surface area (Å²) in [6.07, 6.45) is 3.56. The zero-order valence-electron chi connectivity index (χ0n) is 20.2. The van der Waals surface area contributed by atoms with Gasteiger partial charge in [0.1, 0.15) is 20.1 Å². The largest absolute Gasteiger partial charge is 0.360 e. The maximum atomic E-state index is 12.9. The third-order valence-electron chi connectivity index (χ3n) is 5.58. The lowest BCUT2D eigenvalue weighted by atomic mass is 9.51. The highest BCUT2D eigenvalue weighted by atomic mass is 32.2. The number of rotatable bonds is 17. The number of carbonyl (C=O) groups is 3. The molecule has 5 unspecified atom stereocenters. The van der Waals surface area contributed by atoms with E-state index in [0.29, 0.717) is 28.4 Å². The van der Waals surface area contributed by atoms with Gasteiger partial charge in [-0.25, -0.2) is 0 Å². The highest BCUT2D eigenvalue weighted by molar-refractivity contribution is 8.04. The van der Waals surface area contributed by atoms with Gasteiger partial charge in [-0.15, -0.1) is 0 Å². The summed E-state index contributed by atoms with van der Waals surface area (Å²) in [6.45, 7) is 7.45. The van der Waals surface area contributed by atoms with E-state index >= 15 is 0 Å². The molecule has 5 N–H and O–H groups in total. The summed E-state index contributed by atoms with van der Waals surface area (Å²) in [5.41, 5.74) is 9.66. The Labute approximate surface area is 211 Å². The van der Waals surface area contributed by atoms with Crippen LogP contribution in [-0.4, -0.2) is 93.5 Å². The fourth-order valence-electron chi connectivity index (χ4n) is 3.12. The first-order valence-corrected chi connectivity index (χ1v) is 13.4. The zero-order valence-corrected chi connectivity index (χ0v) is 21.8. The summed E-state index contributed by atoms with van der Waals surface area (Å²) in [6, 6.07) is -1.34. The lowest BCUT2D eigenvalue weighted by molar-refractivity contribution is -0.139. The summed E-state index contributed by atoms with van der Waals surface area (Å²) in [5.74, 6) is 0.608. The molecular formula is C20H35B4N3O4S2. The molecule has 1 aliphatic carbocycles. The third-order valence-corrected chi connectivity index (χ3v) is 8.82. The van der Waals surface area contributed by atoms with Crippen LogP contribution in [0.25, 0.3) is 0 Å². The fourth-order valence-corrected chi connectivity index (χ4v) is 6.20. The fraction of sp³-hybridized carbons (Fsp3) is 0.850. The van der Waals surface area contributed by atoms with Crippen LogP contribution in [0.2, 0.25) is 0 Å². The quantitative estimate of drug-likeness (QED) is 0.192. The summed E-state index contributed by atoms with van der Waals surface area (Å²) in [7, 11) is 12.7. The number of nitrogens with one attached hydrogen (secondary N) is 1. The molecule has 0 spiro atoms. The molecule has 1 fully saturated rings. The molecule has 0 aromatic rings. The molecule has 1 aliphatic rings. The van der Waals surface area contributed by atoms with Crippen molar-refractivity contribution in [3.8, 4) is 0 Å². The lowest BCUT2D eigenvalue weighted by Gasteiger charge is -2.37. The summed E-state index contributed by atoms with van der Waals surface area (Å²) in [4.78, 5) is 36.8. The van der Waals surface area contributed by atoms with Crippen LogP contribution in [0.5, 0.6) is 0 Å². The molecule has 7 nitrogen and oxygen atoms in total.